The maximum absolute atomic E-state index is 13.1. The number of ether oxygens (including phenoxy) is 1. The number of carbonyl (C=O) groups is 2. The largest absolute Gasteiger partial charge is 0.438 e. The molecule has 0 radical (unpaired) electrons. The van der Waals surface area contributed by atoms with Crippen molar-refractivity contribution in [1.29, 1.82) is 0 Å². The molecule has 0 saturated heterocycles. The molecule has 39 heavy (non-hydrogen) atoms. The van der Waals surface area contributed by atoms with Crippen LogP contribution in [0.2, 0.25) is 0 Å². The summed E-state index contributed by atoms with van der Waals surface area (Å²) in [5.41, 5.74) is 2.49. The van der Waals surface area contributed by atoms with Gasteiger partial charge < -0.3 is 15.4 Å². The predicted molar refractivity (Wildman–Crippen MR) is 144 cm³/mol. The molecule has 2 N–H and O–H groups in total. The van der Waals surface area contributed by atoms with Crippen LogP contribution in [-0.2, 0) is 16.6 Å². The average Bonchev–Trinajstić information content (AvgIpc) is 3.65. The molecule has 0 bridgehead atoms. The lowest BCUT2D eigenvalue weighted by atomic mass is 10.0. The Morgan fingerprint density at radius 1 is 0.897 bits per heavy atom. The Morgan fingerprint density at radius 3 is 2.18 bits per heavy atom. The van der Waals surface area contributed by atoms with Crippen LogP contribution < -0.4 is 15.4 Å². The normalized spacial score (nSPS) is 13.6. The highest BCUT2D eigenvalue weighted by atomic mass is 19.1. The third-order valence-electron chi connectivity index (χ3n) is 6.69. The van der Waals surface area contributed by atoms with Gasteiger partial charge in [-0.15, -0.1) is 0 Å². The van der Waals surface area contributed by atoms with E-state index in [0.717, 1.165) is 22.0 Å². The minimum Gasteiger partial charge on any atom is -0.438 e. The number of nitrogens with zero attached hydrogens (tertiary/aromatic N) is 4. The van der Waals surface area contributed by atoms with Gasteiger partial charge in [-0.3, -0.25) is 14.3 Å². The summed E-state index contributed by atoms with van der Waals surface area (Å²) in [6, 6.07) is 18.1. The number of amides is 2. The molecule has 2 aromatic heterocycles. The van der Waals surface area contributed by atoms with Gasteiger partial charge in [-0.1, -0.05) is 6.07 Å². The molecule has 1 saturated carbocycles. The Hall–Kier alpha value is -5.12. The van der Waals surface area contributed by atoms with Gasteiger partial charge in [0.25, 0.3) is 0 Å². The monoisotopic (exact) mass is 522 g/mol. The highest BCUT2D eigenvalue weighted by Gasteiger charge is 2.56. The van der Waals surface area contributed by atoms with Crippen molar-refractivity contribution in [3.8, 4) is 22.8 Å². The first-order valence-corrected chi connectivity index (χ1v) is 12.3. The third kappa shape index (κ3) is 4.91. The summed E-state index contributed by atoms with van der Waals surface area (Å²) < 4.78 is 20.9. The fourth-order valence-electron chi connectivity index (χ4n) is 4.30. The second kappa shape index (κ2) is 9.64. The van der Waals surface area contributed by atoms with Crippen LogP contribution in [0.15, 0.2) is 85.5 Å². The average molecular weight is 523 g/mol. The lowest BCUT2D eigenvalue weighted by Gasteiger charge is -2.16. The molecule has 0 spiro atoms. The quantitative estimate of drug-likeness (QED) is 0.280. The van der Waals surface area contributed by atoms with Crippen molar-refractivity contribution >= 4 is 34.1 Å². The number of rotatable bonds is 7. The second-order valence-corrected chi connectivity index (χ2v) is 9.44. The molecule has 1 aliphatic carbocycles. The first-order chi connectivity index (χ1) is 18.9. The van der Waals surface area contributed by atoms with Crippen molar-refractivity contribution in [2.45, 2.75) is 12.8 Å². The Bertz CT molecular complexity index is 1700. The van der Waals surface area contributed by atoms with Crippen molar-refractivity contribution in [2.75, 3.05) is 10.6 Å². The van der Waals surface area contributed by atoms with Crippen LogP contribution in [-0.4, -0.2) is 31.6 Å². The Morgan fingerprint density at radius 2 is 1.56 bits per heavy atom. The van der Waals surface area contributed by atoms with E-state index in [1.54, 1.807) is 35.1 Å². The number of fused-ring (bicyclic) bond motifs is 1. The lowest BCUT2D eigenvalue weighted by molar-refractivity contribution is -0.131. The molecule has 2 heterocycles. The highest BCUT2D eigenvalue weighted by molar-refractivity contribution is 6.16. The van der Waals surface area contributed by atoms with E-state index in [9.17, 15) is 14.0 Å². The minimum atomic E-state index is -1.14. The molecule has 0 aliphatic heterocycles. The molecule has 1 aliphatic rings. The van der Waals surface area contributed by atoms with Crippen LogP contribution in [0.1, 0.15) is 12.8 Å². The molecule has 194 valence electrons. The van der Waals surface area contributed by atoms with Crippen molar-refractivity contribution in [2.24, 2.45) is 12.5 Å². The van der Waals surface area contributed by atoms with Crippen LogP contribution in [0, 0.1) is 11.2 Å². The van der Waals surface area contributed by atoms with Crippen LogP contribution >= 0.6 is 0 Å². The molecular formula is C29H23FN6O3. The fraction of sp³-hybridized carbons (Fsp3) is 0.138. The molecule has 3 aromatic carbocycles. The molecule has 9 nitrogen and oxygen atoms in total. The summed E-state index contributed by atoms with van der Waals surface area (Å²) in [5.74, 6) is -0.276. The Labute approximate surface area is 222 Å². The topological polar surface area (TPSA) is 111 Å². The Kier molecular flexibility index (Phi) is 5.99. The number of nitrogens with one attached hydrogen (secondary N) is 2. The second-order valence-electron chi connectivity index (χ2n) is 9.44. The van der Waals surface area contributed by atoms with E-state index < -0.39 is 17.1 Å². The maximum atomic E-state index is 13.1. The van der Waals surface area contributed by atoms with Gasteiger partial charge in [0, 0.05) is 30.2 Å². The summed E-state index contributed by atoms with van der Waals surface area (Å²) in [6.45, 7) is 0. The molecule has 5 aromatic rings. The minimum absolute atomic E-state index is 0.388. The smallest absolute Gasteiger partial charge is 0.240 e. The third-order valence-corrected chi connectivity index (χ3v) is 6.69. The standard InChI is InChI=1S/C29H23FN6O3/c1-36-16-19(15-33-36)18-2-11-25-24(14-18)26(32-17-31-25)39-23-9-7-22(8-10-23)35-28(38)29(12-13-29)27(37)34-21-5-3-20(30)4-6-21/h2-11,14-17H,12-13H2,1H3,(H,34,37)(H,35,38). The van der Waals surface area contributed by atoms with Gasteiger partial charge >= 0.3 is 0 Å². The van der Waals surface area contributed by atoms with E-state index in [1.165, 1.54) is 30.6 Å². The van der Waals surface area contributed by atoms with E-state index >= 15 is 0 Å². The lowest BCUT2D eigenvalue weighted by Crippen LogP contribution is -2.35. The molecule has 10 heteroatoms. The van der Waals surface area contributed by atoms with E-state index in [2.05, 4.69) is 25.7 Å². The number of halogens is 1. The van der Waals surface area contributed by atoms with Crippen molar-refractivity contribution < 1.29 is 18.7 Å². The number of aromatic nitrogens is 4. The van der Waals surface area contributed by atoms with Crippen molar-refractivity contribution in [3.63, 3.8) is 0 Å². The maximum Gasteiger partial charge on any atom is 0.240 e. The van der Waals surface area contributed by atoms with E-state index in [4.69, 9.17) is 4.74 Å². The summed E-state index contributed by atoms with van der Waals surface area (Å²) in [7, 11) is 1.86. The van der Waals surface area contributed by atoms with E-state index in [-0.39, 0.29) is 5.91 Å². The summed E-state index contributed by atoms with van der Waals surface area (Å²) in [4.78, 5) is 34.4. The van der Waals surface area contributed by atoms with Gasteiger partial charge in [0.15, 0.2) is 0 Å². The van der Waals surface area contributed by atoms with Gasteiger partial charge in [-0.2, -0.15) is 5.10 Å². The SMILES string of the molecule is Cn1cc(-c2ccc3ncnc(Oc4ccc(NC(=O)C5(C(=O)Nc6ccc(F)cc6)CC5)cc4)c3c2)cn1. The number of hydrogen-bond acceptors (Lipinski definition) is 6. The predicted octanol–water partition coefficient (Wildman–Crippen LogP) is 5.32. The number of benzene rings is 3. The van der Waals surface area contributed by atoms with Crippen LogP contribution in [0.3, 0.4) is 0 Å². The van der Waals surface area contributed by atoms with Crippen LogP contribution in [0.25, 0.3) is 22.0 Å². The number of aryl methyl sites for hydroxylation is 1. The fourth-order valence-corrected chi connectivity index (χ4v) is 4.30. The first kappa shape index (κ1) is 24.2. The zero-order chi connectivity index (χ0) is 27.0. The molecular weight excluding hydrogens is 499 g/mol. The molecule has 6 rings (SSSR count). The number of hydrogen-bond donors (Lipinski definition) is 2. The van der Waals surface area contributed by atoms with E-state index in [1.807, 2.05) is 31.4 Å². The first-order valence-electron chi connectivity index (χ1n) is 12.3. The van der Waals surface area contributed by atoms with Gasteiger partial charge in [-0.25, -0.2) is 14.4 Å². The molecule has 1 fully saturated rings. The van der Waals surface area contributed by atoms with Gasteiger partial charge in [0.05, 0.1) is 17.1 Å². The number of carbonyl (C=O) groups excluding carboxylic acids is 2. The zero-order valence-corrected chi connectivity index (χ0v) is 20.9. The highest BCUT2D eigenvalue weighted by Crippen LogP contribution is 2.47. The van der Waals surface area contributed by atoms with Gasteiger partial charge in [0.2, 0.25) is 17.7 Å². The van der Waals surface area contributed by atoms with Gasteiger partial charge in [0.1, 0.15) is 23.3 Å². The summed E-state index contributed by atoms with van der Waals surface area (Å²) >= 11 is 0. The van der Waals surface area contributed by atoms with Gasteiger partial charge in [-0.05, 0) is 79.1 Å². The van der Waals surface area contributed by atoms with Crippen molar-refractivity contribution in [1.82, 2.24) is 19.7 Å². The number of anilines is 2. The van der Waals surface area contributed by atoms with E-state index in [0.29, 0.717) is 35.8 Å². The Balaban J connectivity index is 1.15. The molecule has 0 atom stereocenters. The zero-order valence-electron chi connectivity index (χ0n) is 20.9. The summed E-state index contributed by atoms with van der Waals surface area (Å²) in [6.07, 6.45) is 6.04. The van der Waals surface area contributed by atoms with Crippen LogP contribution in [0.4, 0.5) is 15.8 Å². The molecule has 2 amide bonds. The van der Waals surface area contributed by atoms with Crippen LogP contribution in [0.5, 0.6) is 11.6 Å². The summed E-state index contributed by atoms with van der Waals surface area (Å²) in [5, 5.41) is 10.5. The molecule has 0 unspecified atom stereocenters. The van der Waals surface area contributed by atoms with Crippen molar-refractivity contribution in [3.05, 3.63) is 91.3 Å².